The van der Waals surface area contributed by atoms with E-state index in [2.05, 4.69) is 0 Å². The van der Waals surface area contributed by atoms with Crippen molar-refractivity contribution in [2.24, 2.45) is 0 Å². The van der Waals surface area contributed by atoms with E-state index < -0.39 is 21.8 Å². The number of halogens is 2. The van der Waals surface area contributed by atoms with E-state index >= 15 is 0 Å². The Morgan fingerprint density at radius 1 is 1.43 bits per heavy atom. The van der Waals surface area contributed by atoms with E-state index in [0.29, 0.717) is 13.0 Å². The fraction of sp³-hybridized carbons (Fsp3) is 0.571. The first-order chi connectivity index (χ1) is 9.94. The van der Waals surface area contributed by atoms with E-state index in [9.17, 15) is 17.2 Å². The summed E-state index contributed by atoms with van der Waals surface area (Å²) in [4.78, 5) is -0.323. The number of sulfone groups is 1. The quantitative estimate of drug-likeness (QED) is 0.808. The van der Waals surface area contributed by atoms with Gasteiger partial charge in [-0.05, 0) is 37.5 Å². The van der Waals surface area contributed by atoms with Gasteiger partial charge in [-0.25, -0.2) is 17.2 Å². The second kappa shape index (κ2) is 6.70. The molecule has 1 atom stereocenters. The van der Waals surface area contributed by atoms with Gasteiger partial charge in [0.1, 0.15) is 5.75 Å². The molecule has 0 N–H and O–H groups in total. The van der Waals surface area contributed by atoms with Crippen LogP contribution in [0, 0.1) is 0 Å². The first kappa shape index (κ1) is 16.2. The molecule has 1 aromatic rings. The first-order valence-electron chi connectivity index (χ1n) is 6.74. The highest BCUT2D eigenvalue weighted by molar-refractivity contribution is 7.91. The molecular weight excluding hydrogens is 302 g/mol. The molecule has 1 unspecified atom stereocenters. The number of benzene rings is 1. The normalized spacial score (nSPS) is 19.1. The number of ether oxygens (including phenoxy) is 2. The number of alkyl halides is 2. The molecule has 1 saturated heterocycles. The smallest absolute Gasteiger partial charge is 0.265 e. The van der Waals surface area contributed by atoms with Gasteiger partial charge in [-0.15, -0.1) is 0 Å². The summed E-state index contributed by atoms with van der Waals surface area (Å²) in [6.45, 7) is 0.634. The zero-order valence-electron chi connectivity index (χ0n) is 11.7. The lowest BCUT2D eigenvalue weighted by Gasteiger charge is -2.13. The van der Waals surface area contributed by atoms with Crippen LogP contribution in [0.1, 0.15) is 31.3 Å². The van der Waals surface area contributed by atoms with Crippen molar-refractivity contribution in [1.29, 1.82) is 0 Å². The van der Waals surface area contributed by atoms with Crippen LogP contribution in [0.15, 0.2) is 23.1 Å². The summed E-state index contributed by atoms with van der Waals surface area (Å²) in [5.41, 5.74) is -0.512. The van der Waals surface area contributed by atoms with Crippen LogP contribution in [0.2, 0.25) is 0 Å². The first-order valence-corrected chi connectivity index (χ1v) is 8.39. The van der Waals surface area contributed by atoms with Gasteiger partial charge in [0.25, 0.3) is 6.43 Å². The molecule has 0 radical (unpaired) electrons. The molecule has 0 bridgehead atoms. The molecule has 1 aliphatic rings. The molecule has 0 aliphatic carbocycles. The molecule has 1 fully saturated rings. The number of methoxy groups -OCH3 is 1. The average Bonchev–Trinajstić information content (AvgIpc) is 2.98. The maximum Gasteiger partial charge on any atom is 0.265 e. The highest BCUT2D eigenvalue weighted by Crippen LogP contribution is 2.31. The number of hydrogen-bond donors (Lipinski definition) is 0. The minimum absolute atomic E-state index is 0.0898. The molecule has 7 heteroatoms. The summed E-state index contributed by atoms with van der Waals surface area (Å²) in [6, 6.07) is 3.64. The van der Waals surface area contributed by atoms with Crippen LogP contribution in [-0.4, -0.2) is 34.0 Å². The van der Waals surface area contributed by atoms with Crippen molar-refractivity contribution in [3.05, 3.63) is 23.8 Å². The van der Waals surface area contributed by atoms with Gasteiger partial charge in [0.05, 0.1) is 23.9 Å². The summed E-state index contributed by atoms with van der Waals surface area (Å²) in [5, 5.41) is 0. The Bertz CT molecular complexity index is 581. The summed E-state index contributed by atoms with van der Waals surface area (Å²) in [5.74, 6) is 0.0207. The lowest BCUT2D eigenvalue weighted by molar-refractivity contribution is 0.109. The van der Waals surface area contributed by atoms with Gasteiger partial charge in [0, 0.05) is 12.2 Å². The van der Waals surface area contributed by atoms with Crippen molar-refractivity contribution in [2.75, 3.05) is 19.5 Å². The largest absolute Gasteiger partial charge is 0.497 e. The van der Waals surface area contributed by atoms with E-state index in [1.165, 1.54) is 19.2 Å². The van der Waals surface area contributed by atoms with Crippen molar-refractivity contribution in [3.63, 3.8) is 0 Å². The number of hydrogen-bond acceptors (Lipinski definition) is 4. The van der Waals surface area contributed by atoms with Crippen molar-refractivity contribution in [2.45, 2.75) is 36.7 Å². The van der Waals surface area contributed by atoms with E-state index in [4.69, 9.17) is 9.47 Å². The standard InChI is InChI=1S/C14H18F2O4S/c1-19-11-4-5-13(12(9-11)14(15)16)21(17,18)8-6-10-3-2-7-20-10/h4-5,9-10,14H,2-3,6-8H2,1H3. The van der Waals surface area contributed by atoms with Gasteiger partial charge in [-0.1, -0.05) is 0 Å². The lowest BCUT2D eigenvalue weighted by Crippen LogP contribution is -2.16. The Labute approximate surface area is 123 Å². The third kappa shape index (κ3) is 3.91. The highest BCUT2D eigenvalue weighted by Gasteiger charge is 2.26. The average molecular weight is 320 g/mol. The molecule has 0 spiro atoms. The fourth-order valence-corrected chi connectivity index (χ4v) is 3.95. The Morgan fingerprint density at radius 3 is 2.76 bits per heavy atom. The topological polar surface area (TPSA) is 52.6 Å². The molecule has 4 nitrogen and oxygen atoms in total. The Balaban J connectivity index is 2.21. The van der Waals surface area contributed by atoms with Crippen LogP contribution >= 0.6 is 0 Å². The molecule has 2 rings (SSSR count). The molecule has 0 saturated carbocycles. The fourth-order valence-electron chi connectivity index (χ4n) is 2.38. The van der Waals surface area contributed by atoms with Crippen molar-refractivity contribution >= 4 is 9.84 Å². The van der Waals surface area contributed by atoms with Crippen LogP contribution in [0.5, 0.6) is 5.75 Å². The minimum Gasteiger partial charge on any atom is -0.497 e. The molecule has 118 valence electrons. The predicted octanol–water partition coefficient (Wildman–Crippen LogP) is 2.98. The summed E-state index contributed by atoms with van der Waals surface area (Å²) in [6.07, 6.45) is -0.896. The Kier molecular flexibility index (Phi) is 5.16. The SMILES string of the molecule is COc1ccc(S(=O)(=O)CCC2CCCO2)c(C(F)F)c1. The van der Waals surface area contributed by atoms with Crippen molar-refractivity contribution < 1.29 is 26.7 Å². The molecule has 0 amide bonds. The van der Waals surface area contributed by atoms with Gasteiger partial charge >= 0.3 is 0 Å². The predicted molar refractivity (Wildman–Crippen MR) is 73.6 cm³/mol. The Hall–Kier alpha value is -1.21. The van der Waals surface area contributed by atoms with Crippen molar-refractivity contribution in [3.8, 4) is 5.75 Å². The maximum atomic E-state index is 13.1. The molecule has 21 heavy (non-hydrogen) atoms. The monoisotopic (exact) mass is 320 g/mol. The third-order valence-corrected chi connectivity index (χ3v) is 5.33. The Morgan fingerprint density at radius 2 is 2.19 bits per heavy atom. The second-order valence-electron chi connectivity index (χ2n) is 4.95. The summed E-state index contributed by atoms with van der Waals surface area (Å²) >= 11 is 0. The third-order valence-electron chi connectivity index (χ3n) is 3.52. The molecule has 1 aliphatic heterocycles. The van der Waals surface area contributed by atoms with Crippen LogP contribution in [0.3, 0.4) is 0 Å². The zero-order valence-corrected chi connectivity index (χ0v) is 12.5. The molecule has 1 heterocycles. The number of rotatable bonds is 6. The second-order valence-corrected chi connectivity index (χ2v) is 7.02. The summed E-state index contributed by atoms with van der Waals surface area (Å²) in [7, 11) is -2.42. The molecular formula is C14H18F2O4S. The van der Waals surface area contributed by atoms with Crippen LogP contribution < -0.4 is 4.74 Å². The van der Waals surface area contributed by atoms with Gasteiger partial charge in [-0.3, -0.25) is 0 Å². The van der Waals surface area contributed by atoms with Gasteiger partial charge in [-0.2, -0.15) is 0 Å². The maximum absolute atomic E-state index is 13.1. The van der Waals surface area contributed by atoms with E-state index in [1.54, 1.807) is 0 Å². The van der Waals surface area contributed by atoms with E-state index in [-0.39, 0.29) is 22.5 Å². The molecule has 0 aromatic heterocycles. The van der Waals surface area contributed by atoms with Crippen molar-refractivity contribution in [1.82, 2.24) is 0 Å². The van der Waals surface area contributed by atoms with Gasteiger partial charge < -0.3 is 9.47 Å². The minimum atomic E-state index is -3.76. The highest BCUT2D eigenvalue weighted by atomic mass is 32.2. The zero-order chi connectivity index (χ0) is 15.5. The molecule has 1 aromatic carbocycles. The van der Waals surface area contributed by atoms with Crippen LogP contribution in [-0.2, 0) is 14.6 Å². The van der Waals surface area contributed by atoms with E-state index in [0.717, 1.165) is 18.9 Å². The van der Waals surface area contributed by atoms with Gasteiger partial charge in [0.2, 0.25) is 0 Å². The van der Waals surface area contributed by atoms with Crippen LogP contribution in [0.4, 0.5) is 8.78 Å². The lowest BCUT2D eigenvalue weighted by atomic mass is 10.2. The summed E-state index contributed by atoms with van der Waals surface area (Å²) < 4.78 is 60.9. The van der Waals surface area contributed by atoms with Crippen LogP contribution in [0.25, 0.3) is 0 Å². The van der Waals surface area contributed by atoms with E-state index in [1.807, 2.05) is 0 Å². The van der Waals surface area contributed by atoms with Gasteiger partial charge in [0.15, 0.2) is 9.84 Å².